The third-order valence-electron chi connectivity index (χ3n) is 5.38. The summed E-state index contributed by atoms with van der Waals surface area (Å²) in [5, 5.41) is 0. The number of carbonyl (C=O) groups is 1. The van der Waals surface area contributed by atoms with E-state index in [1.807, 2.05) is 55.5 Å². The van der Waals surface area contributed by atoms with Crippen LogP contribution in [0.3, 0.4) is 0 Å². The number of anilines is 1. The molecule has 1 saturated heterocycles. The summed E-state index contributed by atoms with van der Waals surface area (Å²) in [4.78, 5) is 17.7. The Balaban J connectivity index is 1.35. The Kier molecular flexibility index (Phi) is 6.42. The molecule has 0 aliphatic carbocycles. The fourth-order valence-corrected chi connectivity index (χ4v) is 4.80. The van der Waals surface area contributed by atoms with Crippen LogP contribution in [0.5, 0.6) is 5.75 Å². The Labute approximate surface area is 184 Å². The first-order chi connectivity index (χ1) is 15.0. The lowest BCUT2D eigenvalue weighted by Gasteiger charge is -2.35. The average Bonchev–Trinajstić information content (AvgIpc) is 3.27. The number of rotatable bonds is 6. The van der Waals surface area contributed by atoms with Crippen molar-refractivity contribution in [3.8, 4) is 5.75 Å². The molecule has 1 amide bonds. The van der Waals surface area contributed by atoms with E-state index in [4.69, 9.17) is 9.15 Å². The Morgan fingerprint density at radius 1 is 1.03 bits per heavy atom. The summed E-state index contributed by atoms with van der Waals surface area (Å²) in [7, 11) is 0.443. The van der Waals surface area contributed by atoms with Crippen molar-refractivity contribution in [3.05, 3.63) is 77.7 Å². The SMILES string of the molecule is COc1cccc(N2CCN(C(=O)c3ccc(C[S@@](=O)c4cccc(C)c4)o3)CC2)c1. The molecule has 31 heavy (non-hydrogen) atoms. The maximum Gasteiger partial charge on any atom is 0.289 e. The molecule has 0 radical (unpaired) electrons. The Morgan fingerprint density at radius 2 is 1.81 bits per heavy atom. The number of methoxy groups -OCH3 is 1. The molecule has 1 aromatic heterocycles. The molecule has 3 aromatic rings. The molecule has 162 valence electrons. The molecule has 4 rings (SSSR count). The van der Waals surface area contributed by atoms with Gasteiger partial charge in [0, 0.05) is 42.8 Å². The summed E-state index contributed by atoms with van der Waals surface area (Å²) < 4.78 is 23.7. The van der Waals surface area contributed by atoms with E-state index >= 15 is 0 Å². The van der Waals surface area contributed by atoms with Crippen molar-refractivity contribution in [2.75, 3.05) is 38.2 Å². The van der Waals surface area contributed by atoms with Gasteiger partial charge in [0.05, 0.1) is 23.7 Å². The van der Waals surface area contributed by atoms with E-state index in [0.29, 0.717) is 24.6 Å². The summed E-state index contributed by atoms with van der Waals surface area (Å²) in [6, 6.07) is 19.0. The maximum absolute atomic E-state index is 12.9. The van der Waals surface area contributed by atoms with Crippen molar-refractivity contribution in [1.82, 2.24) is 4.90 Å². The standard InChI is InChI=1S/C24H26N2O4S/c1-18-5-3-8-22(15-18)31(28)17-21-9-10-23(30-21)24(27)26-13-11-25(12-14-26)19-6-4-7-20(16-19)29-2/h3-10,15-16H,11-14,17H2,1-2H3/t31-/m1/s1. The summed E-state index contributed by atoms with van der Waals surface area (Å²) in [6.07, 6.45) is 0. The quantitative estimate of drug-likeness (QED) is 0.585. The number of hydrogen-bond acceptors (Lipinski definition) is 5. The molecule has 0 N–H and O–H groups in total. The molecule has 6 nitrogen and oxygen atoms in total. The lowest BCUT2D eigenvalue weighted by molar-refractivity contribution is 0.0713. The van der Waals surface area contributed by atoms with Crippen molar-refractivity contribution in [2.24, 2.45) is 0 Å². The van der Waals surface area contributed by atoms with Crippen LogP contribution < -0.4 is 9.64 Å². The van der Waals surface area contributed by atoms with E-state index in [2.05, 4.69) is 4.90 Å². The van der Waals surface area contributed by atoms with E-state index in [-0.39, 0.29) is 11.7 Å². The minimum atomic E-state index is -1.21. The predicted octanol–water partition coefficient (Wildman–Crippen LogP) is 3.87. The normalized spacial score (nSPS) is 15.0. The van der Waals surface area contributed by atoms with Gasteiger partial charge in [-0.2, -0.15) is 0 Å². The number of ether oxygens (including phenoxy) is 1. The van der Waals surface area contributed by atoms with Crippen molar-refractivity contribution >= 4 is 22.4 Å². The number of benzene rings is 2. The average molecular weight is 439 g/mol. The molecule has 1 aliphatic rings. The first kappa shape index (κ1) is 21.2. The van der Waals surface area contributed by atoms with Gasteiger partial charge < -0.3 is 19.0 Å². The highest BCUT2D eigenvalue weighted by atomic mass is 32.2. The second-order valence-corrected chi connectivity index (χ2v) is 9.00. The van der Waals surface area contributed by atoms with Crippen LogP contribution >= 0.6 is 0 Å². The van der Waals surface area contributed by atoms with Gasteiger partial charge in [0.25, 0.3) is 5.91 Å². The van der Waals surface area contributed by atoms with E-state index < -0.39 is 10.8 Å². The fourth-order valence-electron chi connectivity index (χ4n) is 3.67. The van der Waals surface area contributed by atoms with Gasteiger partial charge in [-0.05, 0) is 48.9 Å². The topological polar surface area (TPSA) is 63.0 Å². The first-order valence-corrected chi connectivity index (χ1v) is 11.6. The van der Waals surface area contributed by atoms with Crippen LogP contribution in [0.4, 0.5) is 5.69 Å². The van der Waals surface area contributed by atoms with Crippen molar-refractivity contribution in [3.63, 3.8) is 0 Å². The molecule has 0 saturated carbocycles. The van der Waals surface area contributed by atoms with Gasteiger partial charge >= 0.3 is 0 Å². The van der Waals surface area contributed by atoms with Crippen LogP contribution in [0.1, 0.15) is 21.9 Å². The molecule has 0 spiro atoms. The first-order valence-electron chi connectivity index (χ1n) is 10.3. The number of hydrogen-bond donors (Lipinski definition) is 0. The molecular weight excluding hydrogens is 412 g/mol. The zero-order valence-corrected chi connectivity index (χ0v) is 18.6. The van der Waals surface area contributed by atoms with Gasteiger partial charge in [0.15, 0.2) is 5.76 Å². The van der Waals surface area contributed by atoms with Crippen LogP contribution in [0.2, 0.25) is 0 Å². The van der Waals surface area contributed by atoms with Crippen LogP contribution in [-0.4, -0.2) is 48.3 Å². The lowest BCUT2D eigenvalue weighted by atomic mass is 10.2. The van der Waals surface area contributed by atoms with Crippen LogP contribution in [0.15, 0.2) is 70.0 Å². The van der Waals surface area contributed by atoms with E-state index in [0.717, 1.165) is 35.0 Å². The van der Waals surface area contributed by atoms with Gasteiger partial charge in [-0.25, -0.2) is 0 Å². The number of nitrogens with zero attached hydrogens (tertiary/aromatic N) is 2. The monoisotopic (exact) mass is 438 g/mol. The minimum absolute atomic E-state index is 0.127. The highest BCUT2D eigenvalue weighted by Gasteiger charge is 2.25. The third kappa shape index (κ3) is 4.99. The van der Waals surface area contributed by atoms with Gasteiger partial charge in [-0.3, -0.25) is 9.00 Å². The molecule has 1 fully saturated rings. The summed E-state index contributed by atoms with van der Waals surface area (Å²) in [5.41, 5.74) is 2.15. The molecule has 0 bridgehead atoms. The Bertz CT molecular complexity index is 1090. The van der Waals surface area contributed by atoms with Crippen molar-refractivity contribution in [2.45, 2.75) is 17.6 Å². The second kappa shape index (κ2) is 9.39. The van der Waals surface area contributed by atoms with Gasteiger partial charge in [0.2, 0.25) is 0 Å². The van der Waals surface area contributed by atoms with E-state index in [1.54, 1.807) is 24.1 Å². The maximum atomic E-state index is 12.9. The van der Waals surface area contributed by atoms with Gasteiger partial charge in [0.1, 0.15) is 11.5 Å². The van der Waals surface area contributed by atoms with Crippen LogP contribution in [0.25, 0.3) is 0 Å². The molecule has 0 unspecified atom stereocenters. The molecule has 2 heterocycles. The van der Waals surface area contributed by atoms with Gasteiger partial charge in [-0.15, -0.1) is 0 Å². The lowest BCUT2D eigenvalue weighted by Crippen LogP contribution is -2.48. The molecule has 1 aliphatic heterocycles. The number of carbonyl (C=O) groups excluding carboxylic acids is 1. The summed E-state index contributed by atoms with van der Waals surface area (Å²) >= 11 is 0. The summed E-state index contributed by atoms with van der Waals surface area (Å²) in [5.74, 6) is 1.80. The number of furan rings is 1. The zero-order chi connectivity index (χ0) is 21.8. The summed E-state index contributed by atoms with van der Waals surface area (Å²) in [6.45, 7) is 4.68. The number of piperazine rings is 1. The van der Waals surface area contributed by atoms with Crippen molar-refractivity contribution < 1.29 is 18.2 Å². The smallest absolute Gasteiger partial charge is 0.289 e. The molecular formula is C24H26N2O4S. The number of amides is 1. The highest BCUT2D eigenvalue weighted by Crippen LogP contribution is 2.23. The Morgan fingerprint density at radius 3 is 2.55 bits per heavy atom. The fraction of sp³-hybridized carbons (Fsp3) is 0.292. The third-order valence-corrected chi connectivity index (χ3v) is 6.71. The number of aryl methyl sites for hydroxylation is 1. The highest BCUT2D eigenvalue weighted by molar-refractivity contribution is 7.84. The molecule has 2 aromatic carbocycles. The molecule has 7 heteroatoms. The van der Waals surface area contributed by atoms with Gasteiger partial charge in [-0.1, -0.05) is 18.2 Å². The van der Waals surface area contributed by atoms with Crippen LogP contribution in [-0.2, 0) is 16.6 Å². The minimum Gasteiger partial charge on any atom is -0.497 e. The van der Waals surface area contributed by atoms with E-state index in [9.17, 15) is 9.00 Å². The zero-order valence-electron chi connectivity index (χ0n) is 17.7. The van der Waals surface area contributed by atoms with Crippen molar-refractivity contribution in [1.29, 1.82) is 0 Å². The predicted molar refractivity (Wildman–Crippen MR) is 121 cm³/mol. The second-order valence-electron chi connectivity index (χ2n) is 7.55. The Hall–Kier alpha value is -3.06. The molecule has 1 atom stereocenters. The largest absolute Gasteiger partial charge is 0.497 e. The van der Waals surface area contributed by atoms with Crippen LogP contribution in [0, 0.1) is 6.92 Å². The van der Waals surface area contributed by atoms with E-state index in [1.165, 1.54) is 0 Å².